The Morgan fingerprint density at radius 1 is 1.10 bits per heavy atom. The highest BCUT2D eigenvalue weighted by Crippen LogP contribution is 2.43. The first-order valence-electron chi connectivity index (χ1n) is 14.6. The van der Waals surface area contributed by atoms with E-state index in [-0.39, 0.29) is 42.0 Å². The zero-order valence-corrected chi connectivity index (χ0v) is 25.4. The number of hydrogen-bond donors (Lipinski definition) is 2. The van der Waals surface area contributed by atoms with Crippen LogP contribution in [-0.4, -0.2) is 62.9 Å². The second kappa shape index (κ2) is 12.9. The number of anilines is 1. The van der Waals surface area contributed by atoms with Gasteiger partial charge in [-0.3, -0.25) is 9.59 Å². The molecule has 218 valence electrons. The molecule has 2 fully saturated rings. The fourth-order valence-electron chi connectivity index (χ4n) is 5.97. The summed E-state index contributed by atoms with van der Waals surface area (Å²) in [5.74, 6) is 0.792. The first kappa shape index (κ1) is 31.3. The molecule has 2 N–H and O–H groups in total. The zero-order valence-electron chi connectivity index (χ0n) is 25.4. The lowest BCUT2D eigenvalue weighted by molar-refractivity contribution is -0.138. The van der Waals surface area contributed by atoms with Gasteiger partial charge in [0.1, 0.15) is 11.3 Å². The molecule has 3 atom stereocenters. The minimum atomic E-state index is -0.973. The molecule has 2 amide bonds. The number of hydrogen-bond acceptors (Lipinski definition) is 6. The van der Waals surface area contributed by atoms with Gasteiger partial charge in [-0.1, -0.05) is 19.8 Å². The first-order valence-corrected chi connectivity index (χ1v) is 14.6. The van der Waals surface area contributed by atoms with Crippen molar-refractivity contribution in [2.24, 2.45) is 11.8 Å². The topological polar surface area (TPSA) is 89.1 Å². The molecule has 0 radical (unpaired) electrons. The maximum Gasteiger partial charge on any atom is 0.457 e. The standard InChI is InChI=1S/C30H50BN3O5/c1-9-10-19-32-27(36)30(33-22(2)35)20-23(17-18-31-38-28(3,4)29(5,6)39-31)11-12-24(30)21-34(7)25-13-15-26(37-8)16-14-25/h13-16,23-24H,9-12,17-21H2,1-8H3,(H,32,36)(H,33,35)/t23-,24-,30+/m0/s1. The van der Waals surface area contributed by atoms with E-state index in [4.69, 9.17) is 14.0 Å². The van der Waals surface area contributed by atoms with Crippen LogP contribution in [0.3, 0.4) is 0 Å². The van der Waals surface area contributed by atoms with Crippen LogP contribution in [0.1, 0.15) is 80.1 Å². The lowest BCUT2D eigenvalue weighted by Gasteiger charge is -2.47. The maximum absolute atomic E-state index is 13.9. The van der Waals surface area contributed by atoms with Crippen LogP contribution in [0, 0.1) is 11.8 Å². The summed E-state index contributed by atoms with van der Waals surface area (Å²) in [5, 5.41) is 6.33. The van der Waals surface area contributed by atoms with E-state index in [1.807, 2.05) is 31.3 Å². The van der Waals surface area contributed by atoms with Crippen molar-refractivity contribution in [1.29, 1.82) is 0 Å². The van der Waals surface area contributed by atoms with E-state index in [1.165, 1.54) is 6.92 Å². The number of ether oxygens (including phenoxy) is 1. The number of carbonyl (C=O) groups is 2. The van der Waals surface area contributed by atoms with Crippen LogP contribution in [0.25, 0.3) is 0 Å². The molecule has 1 aliphatic carbocycles. The van der Waals surface area contributed by atoms with Crippen molar-refractivity contribution >= 4 is 24.6 Å². The van der Waals surface area contributed by atoms with Crippen molar-refractivity contribution in [3.63, 3.8) is 0 Å². The van der Waals surface area contributed by atoms with E-state index in [2.05, 4.69) is 50.2 Å². The van der Waals surface area contributed by atoms with E-state index in [0.29, 0.717) is 19.5 Å². The van der Waals surface area contributed by atoms with E-state index < -0.39 is 5.54 Å². The molecule has 0 spiro atoms. The van der Waals surface area contributed by atoms with Gasteiger partial charge in [-0.25, -0.2) is 0 Å². The molecular weight excluding hydrogens is 493 g/mol. The minimum Gasteiger partial charge on any atom is -0.497 e. The number of nitrogens with one attached hydrogen (secondary N) is 2. The predicted molar refractivity (Wildman–Crippen MR) is 157 cm³/mol. The number of unbranched alkanes of at least 4 members (excludes halogenated alkanes) is 1. The zero-order chi connectivity index (χ0) is 28.8. The molecule has 1 aromatic carbocycles. The summed E-state index contributed by atoms with van der Waals surface area (Å²) in [6.07, 6.45) is 5.98. The summed E-state index contributed by atoms with van der Waals surface area (Å²) in [7, 11) is 3.44. The Hall–Kier alpha value is -2.26. The van der Waals surface area contributed by atoms with Gasteiger partial charge in [0.25, 0.3) is 0 Å². The second-order valence-corrected chi connectivity index (χ2v) is 12.4. The molecule has 39 heavy (non-hydrogen) atoms. The maximum atomic E-state index is 13.9. The van der Waals surface area contributed by atoms with E-state index >= 15 is 0 Å². The molecule has 8 nitrogen and oxygen atoms in total. The highest BCUT2D eigenvalue weighted by atomic mass is 16.7. The fraction of sp³-hybridized carbons (Fsp3) is 0.733. The molecule has 1 aromatic rings. The average molecular weight is 544 g/mol. The van der Waals surface area contributed by atoms with Crippen LogP contribution in [0.15, 0.2) is 24.3 Å². The van der Waals surface area contributed by atoms with Crippen LogP contribution in [-0.2, 0) is 18.9 Å². The van der Waals surface area contributed by atoms with Gasteiger partial charge >= 0.3 is 7.12 Å². The van der Waals surface area contributed by atoms with Crippen LogP contribution in [0.5, 0.6) is 5.75 Å². The van der Waals surface area contributed by atoms with Gasteiger partial charge in [0.2, 0.25) is 11.8 Å². The van der Waals surface area contributed by atoms with E-state index in [9.17, 15) is 9.59 Å². The second-order valence-electron chi connectivity index (χ2n) is 12.4. The van der Waals surface area contributed by atoms with Gasteiger partial charge in [0.05, 0.1) is 18.3 Å². The molecule has 9 heteroatoms. The van der Waals surface area contributed by atoms with Gasteiger partial charge in [-0.15, -0.1) is 0 Å². The molecule has 3 rings (SSSR count). The Kier molecular flexibility index (Phi) is 10.4. The Labute approximate surface area is 236 Å². The Morgan fingerprint density at radius 3 is 2.31 bits per heavy atom. The summed E-state index contributed by atoms with van der Waals surface area (Å²) in [4.78, 5) is 28.7. The van der Waals surface area contributed by atoms with Gasteiger partial charge < -0.3 is 29.6 Å². The van der Waals surface area contributed by atoms with Crippen molar-refractivity contribution in [1.82, 2.24) is 10.6 Å². The van der Waals surface area contributed by atoms with Crippen LogP contribution < -0.4 is 20.3 Å². The molecule has 1 aliphatic heterocycles. The summed E-state index contributed by atoms with van der Waals surface area (Å²) in [5.41, 5.74) is -0.651. The van der Waals surface area contributed by atoms with Crippen molar-refractivity contribution in [3.05, 3.63) is 24.3 Å². The van der Waals surface area contributed by atoms with Crippen LogP contribution >= 0.6 is 0 Å². The predicted octanol–water partition coefficient (Wildman–Crippen LogP) is 4.82. The molecule has 2 aliphatic rings. The van der Waals surface area contributed by atoms with Gasteiger partial charge in [-0.05, 0) is 89.9 Å². The number of rotatable bonds is 12. The molecule has 0 aromatic heterocycles. The molecule has 0 unspecified atom stereocenters. The minimum absolute atomic E-state index is 0.0387. The largest absolute Gasteiger partial charge is 0.497 e. The number of carbonyl (C=O) groups excluding carboxylic acids is 2. The summed E-state index contributed by atoms with van der Waals surface area (Å²) in [6, 6.07) is 7.93. The van der Waals surface area contributed by atoms with Crippen LogP contribution in [0.4, 0.5) is 5.69 Å². The molecule has 1 saturated heterocycles. The highest BCUT2D eigenvalue weighted by Gasteiger charge is 2.53. The van der Waals surface area contributed by atoms with Gasteiger partial charge in [0, 0.05) is 38.7 Å². The van der Waals surface area contributed by atoms with E-state index in [1.54, 1.807) is 7.11 Å². The SMILES string of the molecule is CCCCNC(=O)[C@@]1(NC(C)=O)C[C@H](CCB2OC(C)(C)C(C)(C)O2)CC[C@H]1CN(C)c1ccc(OC)cc1. The molecular formula is C30H50BN3O5. The number of nitrogens with zero attached hydrogens (tertiary/aromatic N) is 1. The third kappa shape index (κ3) is 7.48. The van der Waals surface area contributed by atoms with Crippen LogP contribution in [0.2, 0.25) is 6.32 Å². The van der Waals surface area contributed by atoms with Gasteiger partial charge in [-0.2, -0.15) is 0 Å². The average Bonchev–Trinajstić information content (AvgIpc) is 3.09. The Bertz CT molecular complexity index is 954. The lowest BCUT2D eigenvalue weighted by atomic mass is 9.65. The summed E-state index contributed by atoms with van der Waals surface area (Å²) < 4.78 is 17.8. The lowest BCUT2D eigenvalue weighted by Crippen LogP contribution is -2.66. The molecule has 1 saturated carbocycles. The number of amides is 2. The fourth-order valence-corrected chi connectivity index (χ4v) is 5.97. The van der Waals surface area contributed by atoms with Crippen molar-refractivity contribution in [2.75, 3.05) is 32.1 Å². The molecule has 1 heterocycles. The van der Waals surface area contributed by atoms with E-state index in [0.717, 1.165) is 49.9 Å². The smallest absolute Gasteiger partial charge is 0.457 e. The van der Waals surface area contributed by atoms with Crippen molar-refractivity contribution in [2.45, 2.75) is 103 Å². The third-order valence-electron chi connectivity index (χ3n) is 8.97. The number of benzene rings is 1. The quantitative estimate of drug-likeness (QED) is 0.290. The highest BCUT2D eigenvalue weighted by molar-refractivity contribution is 6.45. The van der Waals surface area contributed by atoms with Crippen molar-refractivity contribution < 1.29 is 23.6 Å². The third-order valence-corrected chi connectivity index (χ3v) is 8.97. The number of methoxy groups -OCH3 is 1. The first-order chi connectivity index (χ1) is 18.3. The Morgan fingerprint density at radius 2 is 1.74 bits per heavy atom. The van der Waals surface area contributed by atoms with Gasteiger partial charge in [0.15, 0.2) is 0 Å². The summed E-state index contributed by atoms with van der Waals surface area (Å²) in [6.45, 7) is 13.2. The summed E-state index contributed by atoms with van der Waals surface area (Å²) >= 11 is 0. The normalized spacial score (nSPS) is 25.7. The Balaban J connectivity index is 1.80. The monoisotopic (exact) mass is 543 g/mol. The molecule has 0 bridgehead atoms. The van der Waals surface area contributed by atoms with Crippen molar-refractivity contribution in [3.8, 4) is 5.75 Å².